The Morgan fingerprint density at radius 1 is 0.923 bits per heavy atom. The predicted octanol–water partition coefficient (Wildman–Crippen LogP) is 7.31. The van der Waals surface area contributed by atoms with Crippen LogP contribution in [0.2, 0.25) is 0 Å². The van der Waals surface area contributed by atoms with Crippen LogP contribution in [0.15, 0.2) is 30.3 Å². The summed E-state index contributed by atoms with van der Waals surface area (Å²) in [5.74, 6) is 2.49. The van der Waals surface area contributed by atoms with Crippen molar-refractivity contribution in [2.45, 2.75) is 86.8 Å². The van der Waals surface area contributed by atoms with Crippen LogP contribution in [0.4, 0.5) is 11.5 Å². The van der Waals surface area contributed by atoms with Gasteiger partial charge >= 0.3 is 0 Å². The lowest BCUT2D eigenvalue weighted by molar-refractivity contribution is -0.00647. The fourth-order valence-corrected chi connectivity index (χ4v) is 6.79. The van der Waals surface area contributed by atoms with Crippen LogP contribution in [0.5, 0.6) is 0 Å². The fourth-order valence-electron chi connectivity index (χ4n) is 6.79. The molecule has 1 atom stereocenters. The minimum absolute atomic E-state index is 0.0389. The maximum absolute atomic E-state index is 5.89. The Morgan fingerprint density at radius 2 is 1.64 bits per heavy atom. The van der Waals surface area contributed by atoms with E-state index in [0.29, 0.717) is 5.92 Å². The van der Waals surface area contributed by atoms with Gasteiger partial charge in [0.2, 0.25) is 0 Å². The van der Waals surface area contributed by atoms with Gasteiger partial charge in [-0.2, -0.15) is 0 Å². The summed E-state index contributed by atoms with van der Waals surface area (Å²) in [7, 11) is 1.85. The zero-order chi connectivity index (χ0) is 28.1. The largest absolute Gasteiger partial charge is 0.381 e. The molecule has 0 N–H and O–H groups in total. The number of rotatable bonds is 5. The molecule has 5 rings (SSSR count). The van der Waals surface area contributed by atoms with Gasteiger partial charge in [0, 0.05) is 61.9 Å². The van der Waals surface area contributed by atoms with Crippen LogP contribution in [0.1, 0.15) is 79.1 Å². The Bertz CT molecular complexity index is 1350. The molecule has 2 aromatic carbocycles. The van der Waals surface area contributed by atoms with Crippen molar-refractivity contribution in [1.29, 1.82) is 0 Å². The molecule has 0 aliphatic carbocycles. The van der Waals surface area contributed by atoms with Gasteiger partial charge in [-0.15, -0.1) is 0 Å². The normalized spacial score (nSPS) is 19.0. The van der Waals surface area contributed by atoms with E-state index < -0.39 is 0 Å². The van der Waals surface area contributed by atoms with Crippen LogP contribution in [0.25, 0.3) is 11.4 Å². The number of fused-ring (bicyclic) bond motifs is 1. The van der Waals surface area contributed by atoms with Crippen LogP contribution in [-0.4, -0.2) is 42.8 Å². The SMILES string of the molecule is CO[C@@H]1CCN(c2nc(-c3c(C)cc(C)cc3C)nc3c2CN(c2cc(C(C)C)ccc2C)CC3)CC1(C)C. The summed E-state index contributed by atoms with van der Waals surface area (Å²) in [5, 5.41) is 0. The Labute approximate surface area is 235 Å². The van der Waals surface area contributed by atoms with Gasteiger partial charge in [0.25, 0.3) is 0 Å². The van der Waals surface area contributed by atoms with Gasteiger partial charge in [-0.25, -0.2) is 9.97 Å². The highest BCUT2D eigenvalue weighted by atomic mass is 16.5. The number of methoxy groups -OCH3 is 1. The summed E-state index contributed by atoms with van der Waals surface area (Å²) in [6.45, 7) is 21.6. The van der Waals surface area contributed by atoms with Crippen molar-refractivity contribution in [3.05, 3.63) is 69.4 Å². The minimum atomic E-state index is 0.0389. The monoisotopic (exact) mass is 526 g/mol. The zero-order valence-corrected chi connectivity index (χ0v) is 25.5. The van der Waals surface area contributed by atoms with E-state index in [1.54, 1.807) is 0 Å². The quantitative estimate of drug-likeness (QED) is 0.349. The minimum Gasteiger partial charge on any atom is -0.381 e. The molecule has 0 unspecified atom stereocenters. The molecule has 0 radical (unpaired) electrons. The fraction of sp³-hybridized carbons (Fsp3) is 0.529. The highest BCUT2D eigenvalue weighted by Gasteiger charge is 2.38. The molecule has 1 aromatic heterocycles. The highest BCUT2D eigenvalue weighted by molar-refractivity contribution is 5.69. The van der Waals surface area contributed by atoms with Gasteiger partial charge in [-0.3, -0.25) is 0 Å². The summed E-state index contributed by atoms with van der Waals surface area (Å²) >= 11 is 0. The molecular formula is C34H46N4O. The molecule has 0 spiro atoms. The van der Waals surface area contributed by atoms with Crippen molar-refractivity contribution in [1.82, 2.24) is 9.97 Å². The van der Waals surface area contributed by atoms with E-state index in [0.717, 1.165) is 50.7 Å². The van der Waals surface area contributed by atoms with E-state index in [1.165, 1.54) is 50.3 Å². The number of aromatic nitrogens is 2. The lowest BCUT2D eigenvalue weighted by atomic mass is 9.81. The van der Waals surface area contributed by atoms with E-state index in [4.69, 9.17) is 14.7 Å². The van der Waals surface area contributed by atoms with E-state index in [-0.39, 0.29) is 11.5 Å². The van der Waals surface area contributed by atoms with E-state index >= 15 is 0 Å². The second-order valence-electron chi connectivity index (χ2n) is 12.9. The maximum Gasteiger partial charge on any atom is 0.162 e. The van der Waals surface area contributed by atoms with E-state index in [9.17, 15) is 0 Å². The number of hydrogen-bond acceptors (Lipinski definition) is 5. The number of aryl methyl sites for hydroxylation is 4. The molecular weight excluding hydrogens is 480 g/mol. The van der Waals surface area contributed by atoms with Crippen molar-refractivity contribution in [2.24, 2.45) is 5.41 Å². The highest BCUT2D eigenvalue weighted by Crippen LogP contribution is 2.39. The van der Waals surface area contributed by atoms with E-state index in [1.807, 2.05) is 7.11 Å². The Morgan fingerprint density at radius 3 is 2.28 bits per heavy atom. The third-order valence-electron chi connectivity index (χ3n) is 8.89. The van der Waals surface area contributed by atoms with Crippen LogP contribution in [0, 0.1) is 33.1 Å². The van der Waals surface area contributed by atoms with Crippen LogP contribution in [0.3, 0.4) is 0 Å². The molecule has 208 valence electrons. The first kappa shape index (κ1) is 27.6. The first-order chi connectivity index (χ1) is 18.5. The average Bonchev–Trinajstić information content (AvgIpc) is 2.87. The van der Waals surface area contributed by atoms with Crippen molar-refractivity contribution >= 4 is 11.5 Å². The molecule has 0 saturated carbocycles. The number of piperidine rings is 1. The topological polar surface area (TPSA) is 41.5 Å². The number of hydrogen-bond donors (Lipinski definition) is 0. The first-order valence-corrected chi connectivity index (χ1v) is 14.6. The smallest absolute Gasteiger partial charge is 0.162 e. The summed E-state index contributed by atoms with van der Waals surface area (Å²) in [4.78, 5) is 15.7. The van der Waals surface area contributed by atoms with Crippen LogP contribution >= 0.6 is 0 Å². The van der Waals surface area contributed by atoms with Gasteiger partial charge in [0.05, 0.1) is 11.8 Å². The Hall–Kier alpha value is -2.92. The third-order valence-corrected chi connectivity index (χ3v) is 8.89. The Balaban J connectivity index is 1.62. The summed E-state index contributed by atoms with van der Waals surface area (Å²) in [5.41, 5.74) is 11.5. The molecule has 5 nitrogen and oxygen atoms in total. The number of ether oxygens (including phenoxy) is 1. The second kappa shape index (κ2) is 10.6. The first-order valence-electron chi connectivity index (χ1n) is 14.6. The van der Waals surface area contributed by atoms with Crippen LogP contribution in [-0.2, 0) is 17.7 Å². The zero-order valence-electron chi connectivity index (χ0n) is 25.5. The van der Waals surface area contributed by atoms with Gasteiger partial charge in [-0.05, 0) is 68.4 Å². The molecule has 2 aliphatic heterocycles. The van der Waals surface area contributed by atoms with Gasteiger partial charge < -0.3 is 14.5 Å². The van der Waals surface area contributed by atoms with Gasteiger partial charge in [-0.1, -0.05) is 57.5 Å². The molecule has 39 heavy (non-hydrogen) atoms. The van der Waals surface area contributed by atoms with E-state index in [2.05, 4.69) is 95.5 Å². The van der Waals surface area contributed by atoms with Crippen LogP contribution < -0.4 is 9.80 Å². The summed E-state index contributed by atoms with van der Waals surface area (Å²) in [6.07, 6.45) is 2.18. The molecule has 3 aromatic rings. The summed E-state index contributed by atoms with van der Waals surface area (Å²) < 4.78 is 5.89. The third kappa shape index (κ3) is 5.30. The lowest BCUT2D eigenvalue weighted by Crippen LogP contribution is -2.50. The molecule has 0 bridgehead atoms. The lowest BCUT2D eigenvalue weighted by Gasteiger charge is -2.45. The number of nitrogens with zero attached hydrogens (tertiary/aromatic N) is 4. The standard InChI is InChI=1S/C34H46N4O/c1-21(2)26-11-10-23(4)29(18-26)37-14-12-28-27(19-37)33(38-15-13-30(39-9)34(7,8)20-38)36-32(35-28)31-24(5)16-22(3)17-25(31)6/h10-11,16-18,21,30H,12-15,19-20H2,1-9H3/t30-/m1/s1. The molecule has 0 amide bonds. The maximum atomic E-state index is 5.89. The van der Waals surface area contributed by atoms with Crippen molar-refractivity contribution in [3.8, 4) is 11.4 Å². The molecule has 2 aliphatic rings. The average molecular weight is 527 g/mol. The molecule has 5 heteroatoms. The number of benzene rings is 2. The Kier molecular flexibility index (Phi) is 7.49. The molecule has 1 saturated heterocycles. The van der Waals surface area contributed by atoms with Gasteiger partial charge in [0.1, 0.15) is 5.82 Å². The van der Waals surface area contributed by atoms with Crippen molar-refractivity contribution in [3.63, 3.8) is 0 Å². The van der Waals surface area contributed by atoms with Crippen molar-refractivity contribution < 1.29 is 4.74 Å². The second-order valence-corrected chi connectivity index (χ2v) is 12.9. The summed E-state index contributed by atoms with van der Waals surface area (Å²) in [6, 6.07) is 11.5. The molecule has 3 heterocycles. The number of anilines is 2. The van der Waals surface area contributed by atoms with Crippen molar-refractivity contribution in [2.75, 3.05) is 36.5 Å². The predicted molar refractivity (Wildman–Crippen MR) is 163 cm³/mol. The molecule has 1 fully saturated rings. The van der Waals surface area contributed by atoms with Gasteiger partial charge in [0.15, 0.2) is 5.82 Å².